The Balaban J connectivity index is 1.30. The Kier molecular flexibility index (Phi) is 10.5. The second-order valence-corrected chi connectivity index (χ2v) is 12.6. The number of para-hydroxylation sites is 1. The number of hydrogen-bond acceptors (Lipinski definition) is 8. The number of benzene rings is 3. The summed E-state index contributed by atoms with van der Waals surface area (Å²) in [5.41, 5.74) is 3.43. The molecular weight excluding hydrogens is 640 g/mol. The lowest BCUT2D eigenvalue weighted by atomic mass is 10.0. The van der Waals surface area contributed by atoms with Crippen LogP contribution in [0.15, 0.2) is 72.9 Å². The van der Waals surface area contributed by atoms with Crippen molar-refractivity contribution in [3.8, 4) is 17.2 Å². The first-order valence-corrected chi connectivity index (χ1v) is 16.6. The lowest BCUT2D eigenvalue weighted by molar-refractivity contribution is -0.142. The Morgan fingerprint density at radius 2 is 1.66 bits per heavy atom. The minimum atomic E-state index is -0.973. The van der Waals surface area contributed by atoms with Crippen LogP contribution in [0.5, 0.6) is 17.2 Å². The highest BCUT2D eigenvalue weighted by Gasteiger charge is 2.33. The number of nitrogens with one attached hydrogen (secondary N) is 4. The van der Waals surface area contributed by atoms with Crippen molar-refractivity contribution < 1.29 is 33.4 Å². The van der Waals surface area contributed by atoms with E-state index in [1.165, 1.54) is 11.9 Å². The second-order valence-electron chi connectivity index (χ2n) is 12.6. The molecule has 6 rings (SSSR count). The average Bonchev–Trinajstić information content (AvgIpc) is 3.77. The number of rotatable bonds is 7. The van der Waals surface area contributed by atoms with E-state index in [2.05, 4.69) is 20.9 Å². The monoisotopic (exact) mass is 682 g/mol. The highest BCUT2D eigenvalue weighted by atomic mass is 16.7. The maximum absolute atomic E-state index is 14.1. The molecule has 13 nitrogen and oxygen atoms in total. The second kappa shape index (κ2) is 15.3. The first kappa shape index (κ1) is 34.3. The predicted molar refractivity (Wildman–Crippen MR) is 186 cm³/mol. The molecule has 0 radical (unpaired) electrons. The molecule has 4 aromatic rings. The van der Waals surface area contributed by atoms with E-state index in [4.69, 9.17) is 14.2 Å². The smallest absolute Gasteiger partial charge is 0.245 e. The Labute approximate surface area is 290 Å². The summed E-state index contributed by atoms with van der Waals surface area (Å²) in [5.74, 6) is -0.112. The van der Waals surface area contributed by atoms with Crippen molar-refractivity contribution in [2.45, 2.75) is 44.4 Å². The predicted octanol–water partition coefficient (Wildman–Crippen LogP) is 2.14. The zero-order valence-electron chi connectivity index (χ0n) is 28.4. The zero-order valence-corrected chi connectivity index (χ0v) is 28.4. The Morgan fingerprint density at radius 3 is 2.46 bits per heavy atom. The number of aromatic amines is 1. The molecular formula is C37H42N6O7. The summed E-state index contributed by atoms with van der Waals surface area (Å²) in [4.78, 5) is 61.5. The van der Waals surface area contributed by atoms with Crippen molar-refractivity contribution >= 4 is 34.5 Å². The quantitative estimate of drug-likeness (QED) is 0.231. The van der Waals surface area contributed by atoms with Crippen LogP contribution in [-0.2, 0) is 38.6 Å². The molecule has 2 aliphatic heterocycles. The number of H-pyrrole nitrogens is 1. The summed E-state index contributed by atoms with van der Waals surface area (Å²) < 4.78 is 16.7. The van der Waals surface area contributed by atoms with Gasteiger partial charge in [-0.3, -0.25) is 24.1 Å². The molecule has 13 heteroatoms. The average molecular weight is 683 g/mol. The van der Waals surface area contributed by atoms with Crippen LogP contribution in [0, 0.1) is 0 Å². The Bertz CT molecular complexity index is 1860. The van der Waals surface area contributed by atoms with E-state index >= 15 is 0 Å². The van der Waals surface area contributed by atoms with E-state index < -0.39 is 29.9 Å². The number of aromatic nitrogens is 1. The first-order valence-electron chi connectivity index (χ1n) is 16.6. The molecule has 2 aliphatic rings. The minimum Gasteiger partial charge on any atom is -0.493 e. The van der Waals surface area contributed by atoms with Crippen LogP contribution in [0.3, 0.4) is 0 Å². The standard InChI is InChI=1S/C37H42N6O7/c1-23-35(45)41-29(15-24-9-5-4-6-10-24)36(46)38-13-14-43(20-25-16-31(48-3)34-32(17-25)49-22-50-34)21-33(44)40-30(37(47)42(23)2)18-26-19-39-28-12-8-7-11-27(26)28/h4-12,16-17,19,23,29-30,39H,13-15,18,20-22H2,1-3H3,(H,38,46)(H,40,44)(H,41,45)/t23-,29-,30-/m0/s1. The topological polar surface area (TPSA) is 154 Å². The summed E-state index contributed by atoms with van der Waals surface area (Å²) in [5, 5.41) is 9.72. The molecule has 1 aromatic heterocycles. The maximum atomic E-state index is 14.1. The van der Waals surface area contributed by atoms with Crippen molar-refractivity contribution in [2.75, 3.05) is 40.6 Å². The highest BCUT2D eigenvalue weighted by molar-refractivity contribution is 5.95. The van der Waals surface area contributed by atoms with Gasteiger partial charge in [-0.05, 0) is 41.8 Å². The summed E-state index contributed by atoms with van der Waals surface area (Å²) >= 11 is 0. The molecule has 4 N–H and O–H groups in total. The molecule has 0 saturated carbocycles. The molecule has 0 spiro atoms. The van der Waals surface area contributed by atoms with E-state index in [1.807, 2.05) is 77.8 Å². The number of carbonyl (C=O) groups excluding carboxylic acids is 4. The van der Waals surface area contributed by atoms with E-state index in [1.54, 1.807) is 14.0 Å². The van der Waals surface area contributed by atoms with Crippen molar-refractivity contribution in [1.82, 2.24) is 30.7 Å². The summed E-state index contributed by atoms with van der Waals surface area (Å²) in [6, 6.07) is 18.0. The Morgan fingerprint density at radius 1 is 0.880 bits per heavy atom. The van der Waals surface area contributed by atoms with Crippen molar-refractivity contribution in [3.63, 3.8) is 0 Å². The van der Waals surface area contributed by atoms with E-state index in [-0.39, 0.29) is 44.5 Å². The van der Waals surface area contributed by atoms with Crippen LogP contribution in [0.4, 0.5) is 0 Å². The fourth-order valence-corrected chi connectivity index (χ4v) is 6.34. The summed E-state index contributed by atoms with van der Waals surface area (Å²) in [6.45, 7) is 2.40. The van der Waals surface area contributed by atoms with Gasteiger partial charge in [0.05, 0.1) is 13.7 Å². The van der Waals surface area contributed by atoms with Gasteiger partial charge >= 0.3 is 0 Å². The number of likely N-dealkylation sites (N-methyl/N-ethyl adjacent to an activating group) is 1. The summed E-state index contributed by atoms with van der Waals surface area (Å²) in [6.07, 6.45) is 2.29. The Hall–Kier alpha value is -5.56. The van der Waals surface area contributed by atoms with Gasteiger partial charge in [0.25, 0.3) is 0 Å². The zero-order chi connectivity index (χ0) is 35.2. The number of nitrogens with zero attached hydrogens (tertiary/aromatic N) is 2. The van der Waals surface area contributed by atoms with Crippen molar-refractivity contribution in [3.05, 3.63) is 89.6 Å². The van der Waals surface area contributed by atoms with Crippen LogP contribution >= 0.6 is 0 Å². The van der Waals surface area contributed by atoms with Crippen LogP contribution < -0.4 is 30.2 Å². The SMILES string of the molecule is COc1cc(CN2CCNC(=O)[C@H](Cc3ccccc3)NC(=O)[C@H](C)N(C)C(=O)[C@H](Cc3c[nH]c4ccccc34)NC(=O)C2)cc2c1OCO2. The van der Waals surface area contributed by atoms with E-state index in [9.17, 15) is 19.2 Å². The molecule has 3 aromatic carbocycles. The first-order chi connectivity index (χ1) is 24.2. The van der Waals surface area contributed by atoms with Gasteiger partial charge in [0.2, 0.25) is 36.2 Å². The molecule has 3 heterocycles. The van der Waals surface area contributed by atoms with Gasteiger partial charge in [0, 0.05) is 56.6 Å². The molecule has 1 fully saturated rings. The lowest BCUT2D eigenvalue weighted by Crippen LogP contribution is -2.57. The number of ether oxygens (including phenoxy) is 3. The van der Waals surface area contributed by atoms with Crippen LogP contribution in [0.1, 0.15) is 23.6 Å². The van der Waals surface area contributed by atoms with Crippen molar-refractivity contribution in [2.24, 2.45) is 0 Å². The third kappa shape index (κ3) is 7.84. The largest absolute Gasteiger partial charge is 0.493 e. The van der Waals surface area contributed by atoms with E-state index in [0.29, 0.717) is 30.3 Å². The lowest BCUT2D eigenvalue weighted by Gasteiger charge is -2.30. The van der Waals surface area contributed by atoms with Gasteiger partial charge in [0.1, 0.15) is 18.1 Å². The highest BCUT2D eigenvalue weighted by Crippen LogP contribution is 2.42. The summed E-state index contributed by atoms with van der Waals surface area (Å²) in [7, 11) is 3.08. The number of hydrogen-bond donors (Lipinski definition) is 4. The van der Waals surface area contributed by atoms with Gasteiger partial charge in [-0.1, -0.05) is 48.5 Å². The molecule has 262 valence electrons. The molecule has 0 bridgehead atoms. The number of amides is 4. The molecule has 4 amide bonds. The maximum Gasteiger partial charge on any atom is 0.245 e. The third-order valence-corrected chi connectivity index (χ3v) is 9.17. The normalized spacial score (nSPS) is 20.9. The van der Waals surface area contributed by atoms with Crippen molar-refractivity contribution in [1.29, 1.82) is 0 Å². The van der Waals surface area contributed by atoms with Crippen LogP contribution in [-0.4, -0.2) is 97.1 Å². The van der Waals surface area contributed by atoms with Gasteiger partial charge in [0.15, 0.2) is 11.5 Å². The van der Waals surface area contributed by atoms with Gasteiger partial charge in [-0.2, -0.15) is 0 Å². The fourth-order valence-electron chi connectivity index (χ4n) is 6.34. The number of methoxy groups -OCH3 is 1. The minimum absolute atomic E-state index is 0.0752. The fraction of sp³-hybridized carbons (Fsp3) is 0.351. The molecule has 0 aliphatic carbocycles. The van der Waals surface area contributed by atoms with Gasteiger partial charge in [-0.15, -0.1) is 0 Å². The molecule has 3 atom stereocenters. The van der Waals surface area contributed by atoms with Gasteiger partial charge in [-0.25, -0.2) is 0 Å². The molecule has 1 saturated heterocycles. The number of fused-ring (bicyclic) bond motifs is 2. The number of carbonyl (C=O) groups is 4. The van der Waals surface area contributed by atoms with Crippen LogP contribution in [0.25, 0.3) is 10.9 Å². The van der Waals surface area contributed by atoms with E-state index in [0.717, 1.165) is 27.6 Å². The van der Waals surface area contributed by atoms with Crippen LogP contribution in [0.2, 0.25) is 0 Å². The third-order valence-electron chi connectivity index (χ3n) is 9.17. The van der Waals surface area contributed by atoms with Gasteiger partial charge < -0.3 is 40.0 Å². The molecule has 0 unspecified atom stereocenters. The molecule has 50 heavy (non-hydrogen) atoms.